The first-order valence-electron chi connectivity index (χ1n) is 10.3. The number of nitrogens with two attached hydrogens (primary N) is 1. The zero-order valence-electron chi connectivity index (χ0n) is 17.9. The van der Waals surface area contributed by atoms with Gasteiger partial charge >= 0.3 is 0 Å². The normalized spacial score (nSPS) is 17.0. The van der Waals surface area contributed by atoms with Gasteiger partial charge in [0.1, 0.15) is 0 Å². The molecule has 0 aromatic carbocycles. The summed E-state index contributed by atoms with van der Waals surface area (Å²) in [7, 11) is 2.04. The Kier molecular flexibility index (Phi) is 8.23. The second-order valence-electron chi connectivity index (χ2n) is 6.92. The summed E-state index contributed by atoms with van der Waals surface area (Å²) < 4.78 is 2.06. The highest BCUT2D eigenvalue weighted by Crippen LogP contribution is 2.25. The van der Waals surface area contributed by atoms with Crippen LogP contribution in [0.4, 0.5) is 0 Å². The summed E-state index contributed by atoms with van der Waals surface area (Å²) in [6.45, 7) is 9.40. The van der Waals surface area contributed by atoms with Crippen LogP contribution in [0, 0.1) is 0 Å². The van der Waals surface area contributed by atoms with Gasteiger partial charge in [-0.05, 0) is 25.7 Å². The van der Waals surface area contributed by atoms with Crippen molar-refractivity contribution in [1.29, 1.82) is 0 Å². The monoisotopic (exact) mass is 382 g/mol. The van der Waals surface area contributed by atoms with Gasteiger partial charge in [-0.1, -0.05) is 33.8 Å². The Hall–Kier alpha value is -2.63. The number of hydrogen-bond acceptors (Lipinski definition) is 5. The number of hydrogen-bond donors (Lipinski definition) is 1. The molecule has 1 aromatic heterocycles. The van der Waals surface area contributed by atoms with E-state index in [0.717, 1.165) is 60.5 Å². The van der Waals surface area contributed by atoms with E-state index in [-0.39, 0.29) is 0 Å². The summed E-state index contributed by atoms with van der Waals surface area (Å²) >= 11 is 0. The minimum absolute atomic E-state index is 0.407. The number of aromatic nitrogens is 2. The third-order valence-corrected chi connectivity index (χ3v) is 4.82. The minimum atomic E-state index is 0.407. The van der Waals surface area contributed by atoms with E-state index in [2.05, 4.69) is 59.6 Å². The van der Waals surface area contributed by atoms with Crippen LogP contribution in [-0.4, -0.2) is 40.2 Å². The van der Waals surface area contributed by atoms with Crippen molar-refractivity contribution in [2.24, 2.45) is 15.7 Å². The predicted octanol–water partition coefficient (Wildman–Crippen LogP) is 4.44. The molecule has 6 heteroatoms. The fourth-order valence-corrected chi connectivity index (χ4v) is 3.22. The average molecular weight is 383 g/mol. The second-order valence-corrected chi connectivity index (χ2v) is 6.92. The summed E-state index contributed by atoms with van der Waals surface area (Å²) in [5.41, 5.74) is 10.5. The van der Waals surface area contributed by atoms with Gasteiger partial charge in [0.15, 0.2) is 0 Å². The molecule has 2 N–H and O–H groups in total. The van der Waals surface area contributed by atoms with Crippen molar-refractivity contribution in [1.82, 2.24) is 14.7 Å². The van der Waals surface area contributed by atoms with E-state index in [1.165, 1.54) is 0 Å². The lowest BCUT2D eigenvalue weighted by molar-refractivity contribution is 0.428. The molecule has 0 atom stereocenters. The SMILES string of the molecule is CC/C=C1/C(c2cnn(C(CC)CC)c2)=NC(C(C=NCCC)=CN)=CN1C. The molecule has 0 amide bonds. The van der Waals surface area contributed by atoms with Gasteiger partial charge in [-0.2, -0.15) is 5.10 Å². The topological polar surface area (TPSA) is 71.8 Å². The molecule has 152 valence electrons. The van der Waals surface area contributed by atoms with Crippen molar-refractivity contribution in [3.05, 3.63) is 53.4 Å². The van der Waals surface area contributed by atoms with E-state index in [1.54, 1.807) is 6.20 Å². The number of nitrogens with zero attached hydrogens (tertiary/aromatic N) is 5. The Bertz CT molecular complexity index is 790. The number of aliphatic imine (C=N–C) groups is 2. The lowest BCUT2D eigenvalue weighted by Crippen LogP contribution is -2.24. The van der Waals surface area contributed by atoms with Crippen LogP contribution in [0.15, 0.2) is 57.8 Å². The van der Waals surface area contributed by atoms with Crippen LogP contribution in [0.1, 0.15) is 65.0 Å². The molecule has 0 spiro atoms. The molecule has 28 heavy (non-hydrogen) atoms. The van der Waals surface area contributed by atoms with E-state index < -0.39 is 0 Å². The first-order chi connectivity index (χ1) is 13.6. The van der Waals surface area contributed by atoms with Gasteiger partial charge in [0, 0.05) is 49.5 Å². The van der Waals surface area contributed by atoms with E-state index in [9.17, 15) is 0 Å². The van der Waals surface area contributed by atoms with E-state index in [4.69, 9.17) is 10.7 Å². The van der Waals surface area contributed by atoms with Crippen LogP contribution >= 0.6 is 0 Å². The molecule has 6 nitrogen and oxygen atoms in total. The van der Waals surface area contributed by atoms with Crippen molar-refractivity contribution in [3.63, 3.8) is 0 Å². The maximum Gasteiger partial charge on any atom is 0.0974 e. The third kappa shape index (κ3) is 5.00. The molecular formula is C22H34N6. The largest absolute Gasteiger partial charge is 0.404 e. The molecule has 0 unspecified atom stereocenters. The van der Waals surface area contributed by atoms with Crippen molar-refractivity contribution < 1.29 is 0 Å². The summed E-state index contributed by atoms with van der Waals surface area (Å²) in [5, 5.41) is 4.61. The Morgan fingerprint density at radius 3 is 2.61 bits per heavy atom. The lowest BCUT2D eigenvalue weighted by atomic mass is 10.1. The van der Waals surface area contributed by atoms with Crippen LogP contribution in [0.2, 0.25) is 0 Å². The fourth-order valence-electron chi connectivity index (χ4n) is 3.22. The molecule has 1 aliphatic heterocycles. The van der Waals surface area contributed by atoms with Crippen LogP contribution in [0.25, 0.3) is 0 Å². The highest BCUT2D eigenvalue weighted by Gasteiger charge is 2.22. The smallest absolute Gasteiger partial charge is 0.0974 e. The van der Waals surface area contributed by atoms with Gasteiger partial charge in [-0.3, -0.25) is 9.67 Å². The molecule has 0 fully saturated rings. The van der Waals surface area contributed by atoms with Gasteiger partial charge in [0.2, 0.25) is 0 Å². The fraction of sp³-hybridized carbons (Fsp3) is 0.500. The maximum atomic E-state index is 5.88. The molecule has 2 heterocycles. The van der Waals surface area contributed by atoms with Crippen molar-refractivity contribution in [3.8, 4) is 0 Å². The van der Waals surface area contributed by atoms with Gasteiger partial charge in [-0.25, -0.2) is 4.99 Å². The number of likely N-dealkylation sites (N-methyl/N-ethyl adjacent to an activating group) is 1. The third-order valence-electron chi connectivity index (χ3n) is 4.82. The van der Waals surface area contributed by atoms with E-state index in [1.807, 2.05) is 25.7 Å². The van der Waals surface area contributed by atoms with Crippen molar-refractivity contribution >= 4 is 11.9 Å². The van der Waals surface area contributed by atoms with Gasteiger partial charge in [-0.15, -0.1) is 0 Å². The Morgan fingerprint density at radius 2 is 2.00 bits per heavy atom. The first-order valence-corrected chi connectivity index (χ1v) is 10.3. The standard InChI is InChI=1S/C22H34N6/c1-6-10-21-22(18-14-25-28(15-18)19(8-3)9-4)26-20(16-27(21)5)17(12-23)13-24-11-7-2/h10,12-16,19H,6-9,11,23H2,1-5H3/b17-12?,21-10-,24-13?. The molecule has 2 rings (SSSR count). The van der Waals surface area contributed by atoms with Gasteiger partial charge < -0.3 is 10.6 Å². The molecule has 0 saturated carbocycles. The summed E-state index contributed by atoms with van der Waals surface area (Å²) in [6.07, 6.45) is 15.6. The van der Waals surface area contributed by atoms with Crippen LogP contribution in [0.5, 0.6) is 0 Å². The van der Waals surface area contributed by atoms with Crippen molar-refractivity contribution in [2.45, 2.75) is 59.4 Å². The average Bonchev–Trinajstić information content (AvgIpc) is 3.17. The highest BCUT2D eigenvalue weighted by atomic mass is 15.3. The molecular weight excluding hydrogens is 348 g/mol. The van der Waals surface area contributed by atoms with E-state index in [0.29, 0.717) is 6.04 Å². The zero-order chi connectivity index (χ0) is 20.5. The molecule has 0 bridgehead atoms. The van der Waals surface area contributed by atoms with Crippen LogP contribution in [-0.2, 0) is 0 Å². The second kappa shape index (κ2) is 10.6. The van der Waals surface area contributed by atoms with Gasteiger partial charge in [0.05, 0.1) is 29.3 Å². The molecule has 1 aromatic rings. The first kappa shape index (κ1) is 21.7. The van der Waals surface area contributed by atoms with Gasteiger partial charge in [0.25, 0.3) is 0 Å². The molecule has 0 aliphatic carbocycles. The van der Waals surface area contributed by atoms with Crippen LogP contribution < -0.4 is 5.73 Å². The summed E-state index contributed by atoms with van der Waals surface area (Å²) in [6, 6.07) is 0.407. The summed E-state index contributed by atoms with van der Waals surface area (Å²) in [4.78, 5) is 11.5. The van der Waals surface area contributed by atoms with Crippen molar-refractivity contribution in [2.75, 3.05) is 13.6 Å². The maximum absolute atomic E-state index is 5.88. The molecule has 1 aliphatic rings. The highest BCUT2D eigenvalue weighted by molar-refractivity contribution is 6.13. The minimum Gasteiger partial charge on any atom is -0.404 e. The lowest BCUT2D eigenvalue weighted by Gasteiger charge is -2.25. The number of rotatable bonds is 9. The van der Waals surface area contributed by atoms with E-state index >= 15 is 0 Å². The zero-order valence-corrected chi connectivity index (χ0v) is 17.9. The molecule has 0 radical (unpaired) electrons. The Labute approximate surface area is 169 Å². The molecule has 0 saturated heterocycles. The van der Waals surface area contributed by atoms with Crippen LogP contribution in [0.3, 0.4) is 0 Å². The quantitative estimate of drug-likeness (QED) is 0.642. The number of allylic oxidation sites excluding steroid dienone is 3. The Morgan fingerprint density at radius 1 is 1.25 bits per heavy atom. The predicted molar refractivity (Wildman–Crippen MR) is 119 cm³/mol. The summed E-state index contributed by atoms with van der Waals surface area (Å²) in [5.74, 6) is 0. The Balaban J connectivity index is 2.46.